The first kappa shape index (κ1) is 12.5. The number of carbonyl (C=O) groups excluding carboxylic acids is 1. The number of rotatable bonds is 4. The van der Waals surface area contributed by atoms with Crippen molar-refractivity contribution in [2.24, 2.45) is 5.92 Å². The molecule has 1 saturated carbocycles. The van der Waals surface area contributed by atoms with Gasteiger partial charge in [-0.1, -0.05) is 0 Å². The molecule has 3 nitrogen and oxygen atoms in total. The van der Waals surface area contributed by atoms with Crippen LogP contribution in [0, 0.1) is 5.92 Å². The average molecular weight is 214 g/mol. The molecule has 0 bridgehead atoms. The van der Waals surface area contributed by atoms with Crippen molar-refractivity contribution in [3.63, 3.8) is 0 Å². The Morgan fingerprint density at radius 3 is 2.33 bits per heavy atom. The number of carbonyl (C=O) groups is 1. The van der Waals surface area contributed by atoms with E-state index in [9.17, 15) is 4.79 Å². The Hall–Kier alpha value is -0.570. The van der Waals surface area contributed by atoms with E-state index in [0.717, 1.165) is 25.7 Å². The molecule has 0 aromatic rings. The van der Waals surface area contributed by atoms with Gasteiger partial charge in [-0.25, -0.2) is 0 Å². The van der Waals surface area contributed by atoms with Crippen molar-refractivity contribution in [3.8, 4) is 0 Å². The summed E-state index contributed by atoms with van der Waals surface area (Å²) >= 11 is 0. The van der Waals surface area contributed by atoms with Crippen LogP contribution in [0.5, 0.6) is 0 Å². The summed E-state index contributed by atoms with van der Waals surface area (Å²) in [5, 5.41) is 0. The van der Waals surface area contributed by atoms with Gasteiger partial charge in [-0.3, -0.25) is 4.79 Å². The van der Waals surface area contributed by atoms with Crippen LogP contribution >= 0.6 is 0 Å². The minimum Gasteiger partial charge on any atom is -0.466 e. The molecule has 0 aromatic carbocycles. The van der Waals surface area contributed by atoms with E-state index < -0.39 is 0 Å². The van der Waals surface area contributed by atoms with Crippen LogP contribution in [0.1, 0.15) is 46.5 Å². The van der Waals surface area contributed by atoms with E-state index in [4.69, 9.17) is 9.47 Å². The van der Waals surface area contributed by atoms with Crippen molar-refractivity contribution < 1.29 is 14.3 Å². The molecule has 0 unspecified atom stereocenters. The summed E-state index contributed by atoms with van der Waals surface area (Å²) in [6.07, 6.45) is 4.43. The third kappa shape index (κ3) is 4.20. The lowest BCUT2D eigenvalue weighted by Gasteiger charge is -2.28. The summed E-state index contributed by atoms with van der Waals surface area (Å²) in [7, 11) is 0. The summed E-state index contributed by atoms with van der Waals surface area (Å²) in [6, 6.07) is 0. The zero-order valence-corrected chi connectivity index (χ0v) is 9.99. The molecule has 1 aliphatic carbocycles. The van der Waals surface area contributed by atoms with Crippen molar-refractivity contribution in [3.05, 3.63) is 0 Å². The van der Waals surface area contributed by atoms with E-state index in [1.807, 2.05) is 6.92 Å². The zero-order valence-electron chi connectivity index (χ0n) is 9.99. The maximum atomic E-state index is 11.5. The van der Waals surface area contributed by atoms with Crippen LogP contribution in [0.3, 0.4) is 0 Å². The van der Waals surface area contributed by atoms with Gasteiger partial charge in [0.15, 0.2) is 0 Å². The minimum atomic E-state index is -0.0273. The second kappa shape index (κ2) is 6.11. The van der Waals surface area contributed by atoms with Crippen molar-refractivity contribution >= 4 is 5.97 Å². The monoisotopic (exact) mass is 214 g/mol. The van der Waals surface area contributed by atoms with E-state index in [1.54, 1.807) is 0 Å². The van der Waals surface area contributed by atoms with Crippen LogP contribution in [-0.4, -0.2) is 24.8 Å². The number of esters is 1. The molecule has 0 atom stereocenters. The molecule has 1 rings (SSSR count). The molecule has 0 radical (unpaired) electrons. The van der Waals surface area contributed by atoms with Gasteiger partial charge in [-0.2, -0.15) is 0 Å². The number of hydrogen-bond donors (Lipinski definition) is 0. The quantitative estimate of drug-likeness (QED) is 0.675. The molecule has 1 fully saturated rings. The highest BCUT2D eigenvalue weighted by molar-refractivity contribution is 5.72. The van der Waals surface area contributed by atoms with Crippen LogP contribution in [-0.2, 0) is 14.3 Å². The van der Waals surface area contributed by atoms with Crippen molar-refractivity contribution in [2.75, 3.05) is 6.61 Å². The summed E-state index contributed by atoms with van der Waals surface area (Å²) in [5.41, 5.74) is 0. The molecule has 0 amide bonds. The van der Waals surface area contributed by atoms with Gasteiger partial charge in [0.25, 0.3) is 0 Å². The van der Waals surface area contributed by atoms with Gasteiger partial charge in [0.1, 0.15) is 0 Å². The molecular weight excluding hydrogens is 192 g/mol. The Morgan fingerprint density at radius 1 is 1.27 bits per heavy atom. The largest absolute Gasteiger partial charge is 0.466 e. The summed E-state index contributed by atoms with van der Waals surface area (Å²) in [6.45, 7) is 6.45. The lowest BCUT2D eigenvalue weighted by atomic mass is 9.87. The zero-order chi connectivity index (χ0) is 11.3. The SMILES string of the molecule is CCOC(=O)C1CCC(OC(C)C)CC1. The Morgan fingerprint density at radius 2 is 1.87 bits per heavy atom. The van der Waals surface area contributed by atoms with E-state index in [2.05, 4.69) is 13.8 Å². The van der Waals surface area contributed by atoms with Gasteiger partial charge in [0.05, 0.1) is 24.7 Å². The lowest BCUT2D eigenvalue weighted by Crippen LogP contribution is -2.28. The third-order valence-electron chi connectivity index (χ3n) is 2.76. The second-order valence-electron chi connectivity index (χ2n) is 4.41. The highest BCUT2D eigenvalue weighted by Gasteiger charge is 2.27. The maximum Gasteiger partial charge on any atom is 0.308 e. The normalized spacial score (nSPS) is 26.7. The molecule has 0 spiro atoms. The highest BCUT2D eigenvalue weighted by atomic mass is 16.5. The van der Waals surface area contributed by atoms with Gasteiger partial charge in [0, 0.05) is 0 Å². The van der Waals surface area contributed by atoms with E-state index in [-0.39, 0.29) is 18.0 Å². The van der Waals surface area contributed by atoms with E-state index in [1.165, 1.54) is 0 Å². The Bertz CT molecular complexity index is 193. The van der Waals surface area contributed by atoms with Gasteiger partial charge < -0.3 is 9.47 Å². The molecule has 0 aliphatic heterocycles. The minimum absolute atomic E-state index is 0.0273. The van der Waals surface area contributed by atoms with E-state index in [0.29, 0.717) is 12.7 Å². The number of hydrogen-bond acceptors (Lipinski definition) is 3. The number of ether oxygens (including phenoxy) is 2. The lowest BCUT2D eigenvalue weighted by molar-refractivity contribution is -0.150. The molecule has 15 heavy (non-hydrogen) atoms. The molecule has 88 valence electrons. The van der Waals surface area contributed by atoms with Crippen LogP contribution in [0.4, 0.5) is 0 Å². The van der Waals surface area contributed by atoms with Crippen molar-refractivity contribution in [1.82, 2.24) is 0 Å². The van der Waals surface area contributed by atoms with Gasteiger partial charge >= 0.3 is 5.97 Å². The summed E-state index contributed by atoms with van der Waals surface area (Å²) in [4.78, 5) is 11.5. The molecule has 0 N–H and O–H groups in total. The molecule has 0 heterocycles. The highest BCUT2D eigenvalue weighted by Crippen LogP contribution is 2.27. The van der Waals surface area contributed by atoms with Gasteiger partial charge in [0.2, 0.25) is 0 Å². The smallest absolute Gasteiger partial charge is 0.308 e. The fourth-order valence-electron chi connectivity index (χ4n) is 2.08. The van der Waals surface area contributed by atoms with Crippen LogP contribution in [0.2, 0.25) is 0 Å². The molecule has 3 heteroatoms. The van der Waals surface area contributed by atoms with Crippen molar-refractivity contribution in [2.45, 2.75) is 58.7 Å². The van der Waals surface area contributed by atoms with Crippen molar-refractivity contribution in [1.29, 1.82) is 0 Å². The predicted molar refractivity (Wildman–Crippen MR) is 58.6 cm³/mol. The molecule has 1 aliphatic rings. The van der Waals surface area contributed by atoms with Gasteiger partial charge in [-0.15, -0.1) is 0 Å². The third-order valence-corrected chi connectivity index (χ3v) is 2.76. The standard InChI is InChI=1S/C12H22O3/c1-4-14-12(13)10-5-7-11(8-6-10)15-9(2)3/h9-11H,4-8H2,1-3H3. The molecular formula is C12H22O3. The predicted octanol–water partition coefficient (Wildman–Crippen LogP) is 2.53. The van der Waals surface area contributed by atoms with Crippen LogP contribution < -0.4 is 0 Å². The first-order valence-electron chi connectivity index (χ1n) is 5.95. The van der Waals surface area contributed by atoms with Crippen LogP contribution in [0.25, 0.3) is 0 Å². The molecule has 0 aromatic heterocycles. The maximum absolute atomic E-state index is 11.5. The molecule has 0 saturated heterocycles. The first-order chi connectivity index (χ1) is 7.13. The summed E-state index contributed by atoms with van der Waals surface area (Å²) < 4.78 is 10.7. The van der Waals surface area contributed by atoms with Crippen LogP contribution in [0.15, 0.2) is 0 Å². The van der Waals surface area contributed by atoms with E-state index >= 15 is 0 Å². The Balaban J connectivity index is 2.26. The topological polar surface area (TPSA) is 35.5 Å². The Labute approximate surface area is 92.1 Å². The fourth-order valence-corrected chi connectivity index (χ4v) is 2.08. The van der Waals surface area contributed by atoms with Gasteiger partial charge in [-0.05, 0) is 46.5 Å². The first-order valence-corrected chi connectivity index (χ1v) is 5.95. The average Bonchev–Trinajstić information content (AvgIpc) is 2.18. The fraction of sp³-hybridized carbons (Fsp3) is 0.917. The second-order valence-corrected chi connectivity index (χ2v) is 4.41. The Kier molecular flexibility index (Phi) is 5.09. The summed E-state index contributed by atoms with van der Waals surface area (Å²) in [5.74, 6) is 0.0810.